The smallest absolute Gasteiger partial charge is 0.270 e. The van der Waals surface area contributed by atoms with Gasteiger partial charge in [-0.1, -0.05) is 13.0 Å². The maximum absolute atomic E-state index is 11.7. The molecule has 16 heavy (non-hydrogen) atoms. The minimum Gasteiger partial charge on any atom is -0.370 e. The summed E-state index contributed by atoms with van der Waals surface area (Å²) in [6.45, 7) is 2.97. The summed E-state index contributed by atoms with van der Waals surface area (Å²) >= 11 is 0. The van der Waals surface area contributed by atoms with E-state index in [1.165, 1.54) is 0 Å². The molecule has 1 aromatic rings. The fourth-order valence-corrected chi connectivity index (χ4v) is 1.40. The molecule has 4 heteroatoms. The van der Waals surface area contributed by atoms with Crippen molar-refractivity contribution in [1.29, 1.82) is 0 Å². The van der Waals surface area contributed by atoms with Crippen molar-refractivity contribution < 1.29 is 4.79 Å². The average molecular weight is 219 g/mol. The molecule has 1 fully saturated rings. The molecule has 0 aliphatic heterocycles. The van der Waals surface area contributed by atoms with Gasteiger partial charge < -0.3 is 10.6 Å². The van der Waals surface area contributed by atoms with Gasteiger partial charge in [0.1, 0.15) is 11.5 Å². The molecule has 2 N–H and O–H groups in total. The number of amides is 1. The number of pyridine rings is 1. The van der Waals surface area contributed by atoms with Crippen molar-refractivity contribution in [3.8, 4) is 0 Å². The fraction of sp³-hybridized carbons (Fsp3) is 0.500. The number of nitrogens with one attached hydrogen (secondary N) is 2. The van der Waals surface area contributed by atoms with Gasteiger partial charge in [0.25, 0.3) is 5.91 Å². The first-order valence-electron chi connectivity index (χ1n) is 5.81. The van der Waals surface area contributed by atoms with E-state index in [4.69, 9.17) is 0 Å². The van der Waals surface area contributed by atoms with Gasteiger partial charge in [-0.15, -0.1) is 0 Å². The van der Waals surface area contributed by atoms with Crippen molar-refractivity contribution in [2.24, 2.45) is 0 Å². The highest BCUT2D eigenvalue weighted by Gasteiger charge is 2.24. The minimum absolute atomic E-state index is 0.0670. The zero-order valence-corrected chi connectivity index (χ0v) is 9.49. The molecule has 86 valence electrons. The zero-order chi connectivity index (χ0) is 11.4. The van der Waals surface area contributed by atoms with Crippen LogP contribution >= 0.6 is 0 Å². The number of aromatic nitrogens is 1. The number of nitrogens with zero attached hydrogens (tertiary/aromatic N) is 1. The molecule has 0 bridgehead atoms. The quantitative estimate of drug-likeness (QED) is 0.794. The molecule has 2 rings (SSSR count). The first-order chi connectivity index (χ1) is 7.79. The van der Waals surface area contributed by atoms with Gasteiger partial charge in [0.2, 0.25) is 0 Å². The van der Waals surface area contributed by atoms with Crippen LogP contribution in [0.25, 0.3) is 0 Å². The maximum atomic E-state index is 11.7. The minimum atomic E-state index is -0.0670. The van der Waals surface area contributed by atoms with Gasteiger partial charge in [-0.3, -0.25) is 4.79 Å². The number of rotatable bonds is 5. The first-order valence-corrected chi connectivity index (χ1v) is 5.81. The second-order valence-corrected chi connectivity index (χ2v) is 4.08. The lowest BCUT2D eigenvalue weighted by Crippen LogP contribution is -2.26. The molecule has 0 saturated heterocycles. The summed E-state index contributed by atoms with van der Waals surface area (Å²) in [7, 11) is 0. The number of hydrogen-bond acceptors (Lipinski definition) is 3. The molecule has 0 spiro atoms. The molecule has 0 aromatic carbocycles. The van der Waals surface area contributed by atoms with Crippen LogP contribution in [0.4, 0.5) is 5.82 Å². The van der Waals surface area contributed by atoms with Gasteiger partial charge in [0.15, 0.2) is 0 Å². The average Bonchev–Trinajstić information content (AvgIpc) is 3.10. The lowest BCUT2D eigenvalue weighted by molar-refractivity contribution is 0.0946. The molecule has 1 aliphatic carbocycles. The van der Waals surface area contributed by atoms with E-state index in [0.29, 0.717) is 11.7 Å². The molecule has 1 heterocycles. The third-order valence-electron chi connectivity index (χ3n) is 2.45. The highest BCUT2D eigenvalue weighted by atomic mass is 16.2. The zero-order valence-electron chi connectivity index (χ0n) is 9.49. The molecular weight excluding hydrogens is 202 g/mol. The Labute approximate surface area is 95.5 Å². The standard InChI is InChI=1S/C12H17N3O/c1-2-8-13-11-5-3-4-10(15-11)12(16)14-9-6-7-9/h3-5,9H,2,6-8H2,1H3,(H,13,15)(H,14,16). The van der Waals surface area contributed by atoms with Crippen LogP contribution in [0.15, 0.2) is 18.2 Å². The van der Waals surface area contributed by atoms with Gasteiger partial charge in [0.05, 0.1) is 0 Å². The van der Waals surface area contributed by atoms with E-state index in [9.17, 15) is 4.79 Å². The lowest BCUT2D eigenvalue weighted by Gasteiger charge is -2.06. The van der Waals surface area contributed by atoms with Crippen LogP contribution < -0.4 is 10.6 Å². The summed E-state index contributed by atoms with van der Waals surface area (Å²) in [4.78, 5) is 16.0. The maximum Gasteiger partial charge on any atom is 0.270 e. The van der Waals surface area contributed by atoms with Gasteiger partial charge in [0, 0.05) is 12.6 Å². The van der Waals surface area contributed by atoms with Crippen molar-refractivity contribution in [3.63, 3.8) is 0 Å². The summed E-state index contributed by atoms with van der Waals surface area (Å²) < 4.78 is 0. The Morgan fingerprint density at radius 1 is 1.50 bits per heavy atom. The third kappa shape index (κ3) is 2.95. The van der Waals surface area contributed by atoms with Crippen LogP contribution in [0.1, 0.15) is 36.7 Å². The van der Waals surface area contributed by atoms with Crippen molar-refractivity contribution in [3.05, 3.63) is 23.9 Å². The summed E-state index contributed by atoms with van der Waals surface area (Å²) in [5.41, 5.74) is 0.494. The van der Waals surface area contributed by atoms with E-state index >= 15 is 0 Å². The second-order valence-electron chi connectivity index (χ2n) is 4.08. The predicted octanol–water partition coefficient (Wildman–Crippen LogP) is 1.80. The van der Waals surface area contributed by atoms with E-state index in [-0.39, 0.29) is 5.91 Å². The molecule has 1 aromatic heterocycles. The fourth-order valence-electron chi connectivity index (χ4n) is 1.40. The SMILES string of the molecule is CCCNc1cccc(C(=O)NC2CC2)n1. The topological polar surface area (TPSA) is 54.0 Å². The molecule has 1 aliphatic rings. The number of hydrogen-bond donors (Lipinski definition) is 2. The molecular formula is C12H17N3O. The van der Waals surface area contributed by atoms with Crippen molar-refractivity contribution in [2.45, 2.75) is 32.2 Å². The molecule has 0 radical (unpaired) electrons. The van der Waals surface area contributed by atoms with E-state index < -0.39 is 0 Å². The first kappa shape index (κ1) is 10.9. The van der Waals surface area contributed by atoms with E-state index in [2.05, 4.69) is 22.5 Å². The van der Waals surface area contributed by atoms with Gasteiger partial charge in [-0.05, 0) is 31.4 Å². The third-order valence-corrected chi connectivity index (χ3v) is 2.45. The van der Waals surface area contributed by atoms with Crippen molar-refractivity contribution >= 4 is 11.7 Å². The molecule has 4 nitrogen and oxygen atoms in total. The number of carbonyl (C=O) groups is 1. The van der Waals surface area contributed by atoms with Crippen LogP contribution in [-0.2, 0) is 0 Å². The Morgan fingerprint density at radius 3 is 3.00 bits per heavy atom. The van der Waals surface area contributed by atoms with E-state index in [1.54, 1.807) is 6.07 Å². The van der Waals surface area contributed by atoms with Crippen molar-refractivity contribution in [1.82, 2.24) is 10.3 Å². The lowest BCUT2D eigenvalue weighted by atomic mass is 10.3. The highest BCUT2D eigenvalue weighted by Crippen LogP contribution is 2.19. The van der Waals surface area contributed by atoms with Crippen LogP contribution in [0, 0.1) is 0 Å². The normalized spacial score (nSPS) is 14.6. The van der Waals surface area contributed by atoms with Crippen LogP contribution in [0.5, 0.6) is 0 Å². The van der Waals surface area contributed by atoms with Crippen molar-refractivity contribution in [2.75, 3.05) is 11.9 Å². The highest BCUT2D eigenvalue weighted by molar-refractivity contribution is 5.93. The molecule has 0 unspecified atom stereocenters. The van der Waals surface area contributed by atoms with E-state index in [1.807, 2.05) is 12.1 Å². The summed E-state index contributed by atoms with van der Waals surface area (Å²) in [5, 5.41) is 6.09. The Hall–Kier alpha value is -1.58. The van der Waals surface area contributed by atoms with E-state index in [0.717, 1.165) is 31.6 Å². The molecule has 0 atom stereocenters. The number of carbonyl (C=O) groups excluding carboxylic acids is 1. The monoisotopic (exact) mass is 219 g/mol. The van der Waals surface area contributed by atoms with Gasteiger partial charge in [-0.25, -0.2) is 4.98 Å². The van der Waals surface area contributed by atoms with Gasteiger partial charge in [-0.2, -0.15) is 0 Å². The van der Waals surface area contributed by atoms with Crippen LogP contribution in [-0.4, -0.2) is 23.5 Å². The predicted molar refractivity (Wildman–Crippen MR) is 63.5 cm³/mol. The summed E-state index contributed by atoms with van der Waals surface area (Å²) in [5.74, 6) is 0.702. The van der Waals surface area contributed by atoms with Gasteiger partial charge >= 0.3 is 0 Å². The van der Waals surface area contributed by atoms with Crippen LogP contribution in [0.3, 0.4) is 0 Å². The number of anilines is 1. The second kappa shape index (κ2) is 4.96. The van der Waals surface area contributed by atoms with Crippen LogP contribution in [0.2, 0.25) is 0 Å². The summed E-state index contributed by atoms with van der Waals surface area (Å²) in [6, 6.07) is 5.85. The Kier molecular flexibility index (Phi) is 3.39. The summed E-state index contributed by atoms with van der Waals surface area (Å²) in [6.07, 6.45) is 3.24. The largest absolute Gasteiger partial charge is 0.370 e. The molecule has 1 saturated carbocycles. The molecule has 1 amide bonds. The Morgan fingerprint density at radius 2 is 2.31 bits per heavy atom. The Balaban J connectivity index is 1.99. The Bertz CT molecular complexity index is 374.